The number of hydrogen-bond donors (Lipinski definition) is 1. The van der Waals surface area contributed by atoms with E-state index in [1.165, 1.54) is 17.5 Å². The van der Waals surface area contributed by atoms with Crippen LogP contribution in [-0.2, 0) is 19.4 Å². The maximum absolute atomic E-state index is 4.39. The normalized spacial score (nSPS) is 12.5. The van der Waals surface area contributed by atoms with Crippen LogP contribution in [0.4, 0.5) is 0 Å². The number of nitrogens with one attached hydrogen (secondary N) is 1. The van der Waals surface area contributed by atoms with Crippen LogP contribution >= 0.6 is 0 Å². The Morgan fingerprint density at radius 3 is 2.52 bits per heavy atom. The molecule has 0 spiro atoms. The van der Waals surface area contributed by atoms with Gasteiger partial charge in [0.2, 0.25) is 0 Å². The van der Waals surface area contributed by atoms with Gasteiger partial charge in [0.1, 0.15) is 0 Å². The Hall–Kier alpha value is -1.61. The van der Waals surface area contributed by atoms with E-state index in [1.54, 1.807) is 0 Å². The van der Waals surface area contributed by atoms with Crippen LogP contribution in [0.2, 0.25) is 0 Å². The Morgan fingerprint density at radius 1 is 1.10 bits per heavy atom. The molecule has 114 valence electrons. The van der Waals surface area contributed by atoms with Crippen LogP contribution in [-0.4, -0.2) is 22.9 Å². The molecule has 0 saturated heterocycles. The number of aromatic nitrogens is 2. The third-order valence-corrected chi connectivity index (χ3v) is 3.76. The summed E-state index contributed by atoms with van der Waals surface area (Å²) in [6, 6.07) is 10.8. The molecule has 3 heteroatoms. The van der Waals surface area contributed by atoms with Gasteiger partial charge in [-0.25, -0.2) is 0 Å². The lowest BCUT2D eigenvalue weighted by molar-refractivity contribution is 0.470. The molecule has 0 saturated carbocycles. The van der Waals surface area contributed by atoms with Crippen molar-refractivity contribution < 1.29 is 0 Å². The van der Waals surface area contributed by atoms with Crippen LogP contribution in [0, 0.1) is 5.92 Å². The van der Waals surface area contributed by atoms with Crippen LogP contribution in [0.1, 0.15) is 31.4 Å². The summed E-state index contributed by atoms with van der Waals surface area (Å²) in [5, 5.41) is 7.96. The summed E-state index contributed by atoms with van der Waals surface area (Å²) in [4.78, 5) is 0. The van der Waals surface area contributed by atoms with E-state index in [-0.39, 0.29) is 0 Å². The summed E-state index contributed by atoms with van der Waals surface area (Å²) in [6.45, 7) is 7.45. The Balaban J connectivity index is 1.97. The molecule has 0 fully saturated rings. The maximum atomic E-state index is 4.39. The molecule has 0 amide bonds. The van der Waals surface area contributed by atoms with Crippen molar-refractivity contribution in [3.63, 3.8) is 0 Å². The molecule has 1 unspecified atom stereocenters. The maximum Gasteiger partial charge on any atom is 0.0521 e. The van der Waals surface area contributed by atoms with Crippen LogP contribution in [0.3, 0.4) is 0 Å². The molecule has 1 heterocycles. The average Bonchev–Trinajstić information content (AvgIpc) is 2.96. The first-order valence-corrected chi connectivity index (χ1v) is 8.07. The first-order valence-electron chi connectivity index (χ1n) is 8.07. The van der Waals surface area contributed by atoms with E-state index in [2.05, 4.69) is 60.8 Å². The zero-order valence-corrected chi connectivity index (χ0v) is 13.3. The lowest BCUT2D eigenvalue weighted by Gasteiger charge is -2.17. The SMILES string of the molecule is CCCNCC(Cc1ccccc1)Cc1cnn(CC)c1. The van der Waals surface area contributed by atoms with Gasteiger partial charge in [0.15, 0.2) is 0 Å². The molecule has 1 N–H and O–H groups in total. The lowest BCUT2D eigenvalue weighted by Crippen LogP contribution is -2.26. The van der Waals surface area contributed by atoms with Crippen molar-refractivity contribution in [3.05, 3.63) is 53.9 Å². The minimum Gasteiger partial charge on any atom is -0.316 e. The molecule has 0 aliphatic heterocycles. The average molecular weight is 285 g/mol. The highest BCUT2D eigenvalue weighted by Crippen LogP contribution is 2.14. The van der Waals surface area contributed by atoms with Gasteiger partial charge < -0.3 is 5.32 Å². The Kier molecular flexibility index (Phi) is 6.48. The smallest absolute Gasteiger partial charge is 0.0521 e. The van der Waals surface area contributed by atoms with Gasteiger partial charge in [0.25, 0.3) is 0 Å². The third-order valence-electron chi connectivity index (χ3n) is 3.76. The fourth-order valence-electron chi connectivity index (χ4n) is 2.66. The van der Waals surface area contributed by atoms with Crippen molar-refractivity contribution in [1.29, 1.82) is 0 Å². The molecule has 1 aromatic carbocycles. The lowest BCUT2D eigenvalue weighted by atomic mass is 9.93. The summed E-state index contributed by atoms with van der Waals surface area (Å²) in [5.41, 5.74) is 2.76. The number of aryl methyl sites for hydroxylation is 1. The van der Waals surface area contributed by atoms with Crippen molar-refractivity contribution in [2.45, 2.75) is 39.7 Å². The Morgan fingerprint density at radius 2 is 1.86 bits per heavy atom. The molecule has 0 bridgehead atoms. The van der Waals surface area contributed by atoms with E-state index in [0.29, 0.717) is 5.92 Å². The van der Waals surface area contributed by atoms with Crippen molar-refractivity contribution in [2.24, 2.45) is 5.92 Å². The van der Waals surface area contributed by atoms with Gasteiger partial charge >= 0.3 is 0 Å². The van der Waals surface area contributed by atoms with E-state index >= 15 is 0 Å². The molecule has 2 rings (SSSR count). The first-order chi connectivity index (χ1) is 10.3. The van der Waals surface area contributed by atoms with Gasteiger partial charge in [-0.15, -0.1) is 0 Å². The molecule has 1 aromatic heterocycles. The van der Waals surface area contributed by atoms with Gasteiger partial charge in [-0.1, -0.05) is 37.3 Å². The molecule has 0 radical (unpaired) electrons. The van der Waals surface area contributed by atoms with Gasteiger partial charge in [0, 0.05) is 12.7 Å². The summed E-state index contributed by atoms with van der Waals surface area (Å²) < 4.78 is 2.01. The monoisotopic (exact) mass is 285 g/mol. The van der Waals surface area contributed by atoms with Crippen molar-refractivity contribution in [3.8, 4) is 0 Å². The zero-order valence-electron chi connectivity index (χ0n) is 13.3. The Labute approximate surface area is 128 Å². The van der Waals surface area contributed by atoms with Crippen LogP contribution in [0.15, 0.2) is 42.7 Å². The van der Waals surface area contributed by atoms with Crippen LogP contribution in [0.25, 0.3) is 0 Å². The van der Waals surface area contributed by atoms with Gasteiger partial charge in [-0.05, 0) is 56.3 Å². The van der Waals surface area contributed by atoms with Crippen molar-refractivity contribution >= 4 is 0 Å². The number of rotatable bonds is 9. The van der Waals surface area contributed by atoms with Crippen molar-refractivity contribution in [2.75, 3.05) is 13.1 Å². The van der Waals surface area contributed by atoms with Gasteiger partial charge in [-0.3, -0.25) is 4.68 Å². The van der Waals surface area contributed by atoms with E-state index in [1.807, 2.05) is 10.9 Å². The summed E-state index contributed by atoms with van der Waals surface area (Å²) >= 11 is 0. The molecule has 0 aliphatic rings. The highest BCUT2D eigenvalue weighted by molar-refractivity contribution is 5.16. The Bertz CT molecular complexity index is 504. The zero-order chi connectivity index (χ0) is 14.9. The predicted octanol–water partition coefficient (Wildman–Crippen LogP) is 3.30. The molecule has 1 atom stereocenters. The first kappa shape index (κ1) is 15.8. The fraction of sp³-hybridized carbons (Fsp3) is 0.500. The highest BCUT2D eigenvalue weighted by Gasteiger charge is 2.12. The minimum absolute atomic E-state index is 0.619. The van der Waals surface area contributed by atoms with E-state index in [4.69, 9.17) is 0 Å². The highest BCUT2D eigenvalue weighted by atomic mass is 15.3. The minimum atomic E-state index is 0.619. The second-order valence-electron chi connectivity index (χ2n) is 5.67. The molecule has 0 aliphatic carbocycles. The topological polar surface area (TPSA) is 29.9 Å². The van der Waals surface area contributed by atoms with E-state index in [9.17, 15) is 0 Å². The molecular weight excluding hydrogens is 258 g/mol. The number of benzene rings is 1. The number of nitrogens with zero attached hydrogens (tertiary/aromatic N) is 2. The van der Waals surface area contributed by atoms with E-state index in [0.717, 1.165) is 32.5 Å². The second kappa shape index (κ2) is 8.63. The standard InChI is InChI=1S/C18H27N3/c1-3-10-19-13-17(11-16-8-6-5-7-9-16)12-18-14-20-21(4-2)15-18/h5-9,14-15,17,19H,3-4,10-13H2,1-2H3. The molecule has 2 aromatic rings. The van der Waals surface area contributed by atoms with Gasteiger partial charge in [0.05, 0.1) is 6.20 Å². The fourth-order valence-corrected chi connectivity index (χ4v) is 2.66. The van der Waals surface area contributed by atoms with E-state index < -0.39 is 0 Å². The van der Waals surface area contributed by atoms with Crippen molar-refractivity contribution in [1.82, 2.24) is 15.1 Å². The molecule has 21 heavy (non-hydrogen) atoms. The summed E-state index contributed by atoms with van der Waals surface area (Å²) in [7, 11) is 0. The number of hydrogen-bond acceptors (Lipinski definition) is 2. The largest absolute Gasteiger partial charge is 0.316 e. The predicted molar refractivity (Wildman–Crippen MR) is 88.4 cm³/mol. The van der Waals surface area contributed by atoms with Crippen LogP contribution < -0.4 is 5.32 Å². The molecular formula is C18H27N3. The van der Waals surface area contributed by atoms with Crippen LogP contribution in [0.5, 0.6) is 0 Å². The quantitative estimate of drug-likeness (QED) is 0.716. The third kappa shape index (κ3) is 5.35. The molecule has 3 nitrogen and oxygen atoms in total. The van der Waals surface area contributed by atoms with Gasteiger partial charge in [-0.2, -0.15) is 5.10 Å². The summed E-state index contributed by atoms with van der Waals surface area (Å²) in [5.74, 6) is 0.619. The summed E-state index contributed by atoms with van der Waals surface area (Å²) in [6.07, 6.45) is 7.59. The second-order valence-corrected chi connectivity index (χ2v) is 5.67.